The molecular weight excluding hydrogens is 176 g/mol. The Balaban J connectivity index is 2.51. The molecule has 0 fully saturated rings. The molecule has 3 heteroatoms. The molecule has 1 heterocycles. The predicted molar refractivity (Wildman–Crippen MR) is 53.4 cm³/mol. The lowest BCUT2D eigenvalue weighted by Gasteiger charge is -2.04. The molecule has 14 heavy (non-hydrogen) atoms. The third-order valence-electron chi connectivity index (χ3n) is 2.05. The monoisotopic (exact) mass is 186 g/mol. The van der Waals surface area contributed by atoms with Gasteiger partial charge in [0.15, 0.2) is 0 Å². The number of rotatable bonds is 2. The summed E-state index contributed by atoms with van der Waals surface area (Å²) in [6, 6.07) is 9.48. The van der Waals surface area contributed by atoms with Crippen LogP contribution in [0.3, 0.4) is 0 Å². The molecule has 0 radical (unpaired) electrons. The van der Waals surface area contributed by atoms with Gasteiger partial charge < -0.3 is 5.11 Å². The van der Waals surface area contributed by atoms with Gasteiger partial charge in [0.05, 0.1) is 12.3 Å². The van der Waals surface area contributed by atoms with Crippen molar-refractivity contribution < 1.29 is 5.11 Å². The molecule has 0 saturated heterocycles. The Bertz CT molecular complexity index is 415. The second-order valence-corrected chi connectivity index (χ2v) is 2.91. The summed E-state index contributed by atoms with van der Waals surface area (Å²) in [7, 11) is 0. The van der Waals surface area contributed by atoms with Gasteiger partial charge in [0, 0.05) is 11.8 Å². The lowest BCUT2D eigenvalue weighted by atomic mass is 10.1. The van der Waals surface area contributed by atoms with Crippen LogP contribution in [-0.4, -0.2) is 15.1 Å². The average Bonchev–Trinajstić information content (AvgIpc) is 2.30. The predicted octanol–water partition coefficient (Wildman–Crippen LogP) is 1.64. The largest absolute Gasteiger partial charge is 0.392 e. The highest BCUT2D eigenvalue weighted by Crippen LogP contribution is 2.20. The van der Waals surface area contributed by atoms with E-state index in [2.05, 4.69) is 9.97 Å². The second-order valence-electron chi connectivity index (χ2n) is 2.91. The highest BCUT2D eigenvalue weighted by Gasteiger charge is 2.03. The zero-order chi connectivity index (χ0) is 9.80. The number of aliphatic hydroxyl groups is 1. The van der Waals surface area contributed by atoms with Gasteiger partial charge in [0.1, 0.15) is 6.33 Å². The molecule has 0 aliphatic heterocycles. The average molecular weight is 186 g/mol. The fourth-order valence-electron chi connectivity index (χ4n) is 1.36. The van der Waals surface area contributed by atoms with Gasteiger partial charge >= 0.3 is 0 Å². The van der Waals surface area contributed by atoms with Gasteiger partial charge in [-0.3, -0.25) is 0 Å². The van der Waals surface area contributed by atoms with Crippen LogP contribution in [0.25, 0.3) is 11.3 Å². The van der Waals surface area contributed by atoms with Crippen LogP contribution >= 0.6 is 0 Å². The van der Waals surface area contributed by atoms with Crippen molar-refractivity contribution in [2.75, 3.05) is 0 Å². The SMILES string of the molecule is OCc1ccccc1-c1ccncn1. The van der Waals surface area contributed by atoms with Gasteiger partial charge in [-0.1, -0.05) is 24.3 Å². The summed E-state index contributed by atoms with van der Waals surface area (Å²) in [4.78, 5) is 7.99. The molecule has 0 bridgehead atoms. The molecule has 2 rings (SSSR count). The zero-order valence-corrected chi connectivity index (χ0v) is 7.59. The highest BCUT2D eigenvalue weighted by molar-refractivity contribution is 5.62. The molecule has 0 spiro atoms. The molecule has 70 valence electrons. The Labute approximate surface area is 82.1 Å². The van der Waals surface area contributed by atoms with Crippen molar-refractivity contribution >= 4 is 0 Å². The first-order chi connectivity index (χ1) is 6.92. The fraction of sp³-hybridized carbons (Fsp3) is 0.0909. The number of aliphatic hydroxyl groups excluding tert-OH is 1. The minimum atomic E-state index is 0.0280. The van der Waals surface area contributed by atoms with E-state index in [1.165, 1.54) is 6.33 Å². The topological polar surface area (TPSA) is 46.0 Å². The Morgan fingerprint density at radius 3 is 2.71 bits per heavy atom. The number of hydrogen-bond acceptors (Lipinski definition) is 3. The van der Waals surface area contributed by atoms with Crippen LogP contribution < -0.4 is 0 Å². The van der Waals surface area contributed by atoms with E-state index < -0.39 is 0 Å². The normalized spacial score (nSPS) is 10.1. The van der Waals surface area contributed by atoms with E-state index in [1.807, 2.05) is 30.3 Å². The van der Waals surface area contributed by atoms with E-state index in [-0.39, 0.29) is 6.61 Å². The molecule has 0 saturated carbocycles. The number of benzene rings is 1. The maximum absolute atomic E-state index is 9.14. The molecule has 2 aromatic rings. The molecule has 1 aromatic heterocycles. The zero-order valence-electron chi connectivity index (χ0n) is 7.59. The Hall–Kier alpha value is -1.74. The summed E-state index contributed by atoms with van der Waals surface area (Å²) in [5.41, 5.74) is 2.67. The van der Waals surface area contributed by atoms with Gasteiger partial charge in [-0.25, -0.2) is 9.97 Å². The van der Waals surface area contributed by atoms with Crippen molar-refractivity contribution in [3.8, 4) is 11.3 Å². The summed E-state index contributed by atoms with van der Waals surface area (Å²) in [6.45, 7) is 0.0280. The third kappa shape index (κ3) is 1.63. The second kappa shape index (κ2) is 3.98. The number of aromatic nitrogens is 2. The van der Waals surface area contributed by atoms with Gasteiger partial charge in [-0.2, -0.15) is 0 Å². The van der Waals surface area contributed by atoms with Crippen molar-refractivity contribution in [3.05, 3.63) is 48.4 Å². The summed E-state index contributed by atoms with van der Waals surface area (Å²) in [6.07, 6.45) is 3.19. The van der Waals surface area contributed by atoms with Crippen LogP contribution in [-0.2, 0) is 6.61 Å². The van der Waals surface area contributed by atoms with Crippen LogP contribution in [0.4, 0.5) is 0 Å². The van der Waals surface area contributed by atoms with Gasteiger partial charge in [-0.15, -0.1) is 0 Å². The van der Waals surface area contributed by atoms with Gasteiger partial charge in [0.25, 0.3) is 0 Å². The van der Waals surface area contributed by atoms with E-state index in [4.69, 9.17) is 5.11 Å². The minimum Gasteiger partial charge on any atom is -0.392 e. The Kier molecular flexibility index (Phi) is 2.51. The van der Waals surface area contributed by atoms with Crippen LogP contribution in [0, 0.1) is 0 Å². The first-order valence-electron chi connectivity index (χ1n) is 4.37. The van der Waals surface area contributed by atoms with Crippen molar-refractivity contribution in [2.24, 2.45) is 0 Å². The molecule has 3 nitrogen and oxygen atoms in total. The van der Waals surface area contributed by atoms with Crippen molar-refractivity contribution in [3.63, 3.8) is 0 Å². The summed E-state index contributed by atoms with van der Waals surface area (Å²) >= 11 is 0. The van der Waals surface area contributed by atoms with Crippen LogP contribution in [0.2, 0.25) is 0 Å². The smallest absolute Gasteiger partial charge is 0.116 e. The van der Waals surface area contributed by atoms with E-state index in [0.717, 1.165) is 16.8 Å². The lowest BCUT2D eigenvalue weighted by molar-refractivity contribution is 0.282. The molecule has 0 unspecified atom stereocenters. The number of nitrogens with zero attached hydrogens (tertiary/aromatic N) is 2. The molecule has 1 N–H and O–H groups in total. The first-order valence-corrected chi connectivity index (χ1v) is 4.37. The molecular formula is C11H10N2O. The van der Waals surface area contributed by atoms with E-state index >= 15 is 0 Å². The van der Waals surface area contributed by atoms with Crippen molar-refractivity contribution in [1.29, 1.82) is 0 Å². The van der Waals surface area contributed by atoms with Gasteiger partial charge in [-0.05, 0) is 11.6 Å². The standard InChI is InChI=1S/C11H10N2O/c14-7-9-3-1-2-4-10(9)11-5-6-12-8-13-11/h1-6,8,14H,7H2. The quantitative estimate of drug-likeness (QED) is 0.775. The molecule has 0 atom stereocenters. The van der Waals surface area contributed by atoms with E-state index in [1.54, 1.807) is 6.20 Å². The maximum atomic E-state index is 9.14. The molecule has 0 aliphatic rings. The molecule has 1 aromatic carbocycles. The minimum absolute atomic E-state index is 0.0280. The molecule has 0 aliphatic carbocycles. The summed E-state index contributed by atoms with van der Waals surface area (Å²) < 4.78 is 0. The lowest BCUT2D eigenvalue weighted by Crippen LogP contribution is -1.91. The maximum Gasteiger partial charge on any atom is 0.116 e. The van der Waals surface area contributed by atoms with Crippen LogP contribution in [0.5, 0.6) is 0 Å². The summed E-state index contributed by atoms with van der Waals surface area (Å²) in [5, 5.41) is 9.14. The first kappa shape index (κ1) is 8.84. The van der Waals surface area contributed by atoms with E-state index in [0.29, 0.717) is 0 Å². The highest BCUT2D eigenvalue weighted by atomic mass is 16.3. The van der Waals surface area contributed by atoms with Crippen LogP contribution in [0.15, 0.2) is 42.9 Å². The fourth-order valence-corrected chi connectivity index (χ4v) is 1.36. The van der Waals surface area contributed by atoms with Crippen LogP contribution in [0.1, 0.15) is 5.56 Å². The number of hydrogen-bond donors (Lipinski definition) is 1. The Morgan fingerprint density at radius 1 is 1.14 bits per heavy atom. The van der Waals surface area contributed by atoms with Gasteiger partial charge in [0.2, 0.25) is 0 Å². The summed E-state index contributed by atoms with van der Waals surface area (Å²) in [5.74, 6) is 0. The van der Waals surface area contributed by atoms with E-state index in [9.17, 15) is 0 Å². The van der Waals surface area contributed by atoms with Crippen molar-refractivity contribution in [2.45, 2.75) is 6.61 Å². The third-order valence-corrected chi connectivity index (χ3v) is 2.05. The Morgan fingerprint density at radius 2 is 2.00 bits per heavy atom. The van der Waals surface area contributed by atoms with Crippen molar-refractivity contribution in [1.82, 2.24) is 9.97 Å². The molecule has 0 amide bonds.